The highest BCUT2D eigenvalue weighted by Gasteiger charge is 2.29. The molecule has 82 valence electrons. The fourth-order valence-electron chi connectivity index (χ4n) is 2.24. The van der Waals surface area contributed by atoms with Gasteiger partial charge in [0, 0.05) is 18.0 Å². The van der Waals surface area contributed by atoms with Crippen molar-refractivity contribution in [2.24, 2.45) is 0 Å². The summed E-state index contributed by atoms with van der Waals surface area (Å²) in [6.45, 7) is 2.09. The number of imidazole rings is 1. The molecule has 0 spiro atoms. The molecule has 2 aromatic rings. The minimum Gasteiger partial charge on any atom is -0.303 e. The van der Waals surface area contributed by atoms with E-state index in [0.29, 0.717) is 12.3 Å². The minimum atomic E-state index is 0.416. The third kappa shape index (κ3) is 1.35. The Kier molecular flexibility index (Phi) is 2.06. The van der Waals surface area contributed by atoms with Crippen LogP contribution >= 0.6 is 0 Å². The van der Waals surface area contributed by atoms with E-state index in [4.69, 9.17) is 0 Å². The second-order valence-corrected chi connectivity index (χ2v) is 4.45. The van der Waals surface area contributed by atoms with Crippen LogP contribution < -0.4 is 0 Å². The van der Waals surface area contributed by atoms with E-state index in [1.807, 2.05) is 12.1 Å². The molecule has 1 aliphatic carbocycles. The number of carbonyl (C=O) groups excluding carboxylic acids is 1. The Morgan fingerprint density at radius 1 is 1.50 bits per heavy atom. The molecule has 0 amide bonds. The average Bonchev–Trinajstić information content (AvgIpc) is 3.04. The van der Waals surface area contributed by atoms with Crippen LogP contribution in [0.15, 0.2) is 18.2 Å². The van der Waals surface area contributed by atoms with E-state index in [0.717, 1.165) is 23.3 Å². The predicted octanol–water partition coefficient (Wildman–Crippen LogP) is 2.26. The summed E-state index contributed by atoms with van der Waals surface area (Å²) in [6.07, 6.45) is 3.81. The van der Waals surface area contributed by atoms with Gasteiger partial charge >= 0.3 is 0 Å². The third-order valence-corrected chi connectivity index (χ3v) is 3.18. The Morgan fingerprint density at radius 3 is 3.00 bits per heavy atom. The number of nitrogens with zero attached hydrogens (tertiary/aromatic N) is 2. The number of fused-ring (bicyclic) bond motifs is 1. The number of hydrogen-bond donors (Lipinski definition) is 0. The van der Waals surface area contributed by atoms with Crippen molar-refractivity contribution in [2.45, 2.75) is 32.1 Å². The Morgan fingerprint density at radius 2 is 2.31 bits per heavy atom. The fourth-order valence-corrected chi connectivity index (χ4v) is 2.24. The molecule has 3 nitrogen and oxygen atoms in total. The molecule has 0 radical (unpaired) electrons. The number of hydrogen-bond acceptors (Lipinski definition) is 2. The van der Waals surface area contributed by atoms with Crippen molar-refractivity contribution >= 4 is 11.8 Å². The van der Waals surface area contributed by atoms with Gasteiger partial charge in [-0.3, -0.25) is 0 Å². The first-order valence-electron chi connectivity index (χ1n) is 5.71. The Labute approximate surface area is 94.1 Å². The molecular formula is C13H14N2O. The van der Waals surface area contributed by atoms with E-state index in [-0.39, 0.29) is 0 Å². The molecule has 0 atom stereocenters. The van der Waals surface area contributed by atoms with E-state index in [9.17, 15) is 4.79 Å². The molecule has 1 aliphatic rings. The largest absolute Gasteiger partial charge is 0.303 e. The third-order valence-electron chi connectivity index (χ3n) is 3.18. The summed E-state index contributed by atoms with van der Waals surface area (Å²) in [7, 11) is 0. The summed E-state index contributed by atoms with van der Waals surface area (Å²) in [5, 5.41) is 0. The SMILES string of the molecule is Cc1cccc2c(CC=O)nc(C3CC3)n12. The van der Waals surface area contributed by atoms with Crippen molar-refractivity contribution in [1.29, 1.82) is 0 Å². The van der Waals surface area contributed by atoms with E-state index >= 15 is 0 Å². The van der Waals surface area contributed by atoms with Crippen LogP contribution in [0.1, 0.15) is 36.0 Å². The Balaban J connectivity index is 2.28. The van der Waals surface area contributed by atoms with Crippen LogP contribution in [0.25, 0.3) is 5.52 Å². The molecule has 0 saturated heterocycles. The molecule has 0 bridgehead atoms. The maximum absolute atomic E-state index is 10.6. The van der Waals surface area contributed by atoms with Crippen LogP contribution in [-0.4, -0.2) is 15.7 Å². The van der Waals surface area contributed by atoms with Crippen molar-refractivity contribution in [1.82, 2.24) is 9.38 Å². The zero-order valence-electron chi connectivity index (χ0n) is 9.31. The maximum Gasteiger partial charge on any atom is 0.126 e. The molecule has 3 heteroatoms. The lowest BCUT2D eigenvalue weighted by atomic mass is 10.2. The van der Waals surface area contributed by atoms with Gasteiger partial charge in [-0.25, -0.2) is 4.98 Å². The van der Waals surface area contributed by atoms with Crippen LogP contribution in [0.5, 0.6) is 0 Å². The Hall–Kier alpha value is -1.64. The van der Waals surface area contributed by atoms with Gasteiger partial charge in [0.1, 0.15) is 12.1 Å². The molecule has 1 fully saturated rings. The number of aryl methyl sites for hydroxylation is 1. The topological polar surface area (TPSA) is 34.4 Å². The first kappa shape index (κ1) is 9.58. The summed E-state index contributed by atoms with van der Waals surface area (Å²) < 4.78 is 2.20. The highest BCUT2D eigenvalue weighted by Crippen LogP contribution is 2.40. The number of carbonyl (C=O) groups is 1. The lowest BCUT2D eigenvalue weighted by Crippen LogP contribution is -1.95. The standard InChI is InChI=1S/C13H14N2O/c1-9-3-2-4-12-11(7-8-16)14-13(15(9)12)10-5-6-10/h2-4,8,10H,5-7H2,1H3. The summed E-state index contributed by atoms with van der Waals surface area (Å²) >= 11 is 0. The lowest BCUT2D eigenvalue weighted by Gasteiger charge is -2.03. The van der Waals surface area contributed by atoms with Crippen LogP contribution in [0.3, 0.4) is 0 Å². The van der Waals surface area contributed by atoms with Gasteiger partial charge in [0.2, 0.25) is 0 Å². The Bertz CT molecular complexity index is 552. The molecule has 2 heterocycles. The monoisotopic (exact) mass is 214 g/mol. The van der Waals surface area contributed by atoms with Crippen molar-refractivity contribution in [3.63, 3.8) is 0 Å². The molecule has 1 saturated carbocycles. The van der Waals surface area contributed by atoms with Gasteiger partial charge in [0.25, 0.3) is 0 Å². The summed E-state index contributed by atoms with van der Waals surface area (Å²) in [6, 6.07) is 6.16. The van der Waals surface area contributed by atoms with Gasteiger partial charge < -0.3 is 9.20 Å². The second-order valence-electron chi connectivity index (χ2n) is 4.45. The van der Waals surface area contributed by atoms with Crippen LogP contribution in [0.4, 0.5) is 0 Å². The van der Waals surface area contributed by atoms with Gasteiger partial charge in [-0.05, 0) is 31.9 Å². The highest BCUT2D eigenvalue weighted by atomic mass is 16.1. The fraction of sp³-hybridized carbons (Fsp3) is 0.385. The summed E-state index contributed by atoms with van der Waals surface area (Å²) in [4.78, 5) is 15.3. The van der Waals surface area contributed by atoms with Gasteiger partial charge in [0.15, 0.2) is 0 Å². The van der Waals surface area contributed by atoms with Crippen LogP contribution in [-0.2, 0) is 11.2 Å². The van der Waals surface area contributed by atoms with Gasteiger partial charge in [-0.2, -0.15) is 0 Å². The number of rotatable bonds is 3. The van der Waals surface area contributed by atoms with E-state index in [1.54, 1.807) is 0 Å². The van der Waals surface area contributed by atoms with Gasteiger partial charge in [-0.1, -0.05) is 6.07 Å². The molecular weight excluding hydrogens is 200 g/mol. The second kappa shape index (κ2) is 3.44. The summed E-state index contributed by atoms with van der Waals surface area (Å²) in [5.74, 6) is 1.75. The summed E-state index contributed by atoms with van der Waals surface area (Å²) in [5.41, 5.74) is 3.21. The smallest absolute Gasteiger partial charge is 0.126 e. The molecule has 0 aliphatic heterocycles. The molecule has 0 N–H and O–H groups in total. The van der Waals surface area contributed by atoms with Crippen molar-refractivity contribution in [2.75, 3.05) is 0 Å². The highest BCUT2D eigenvalue weighted by molar-refractivity contribution is 5.64. The van der Waals surface area contributed by atoms with Crippen molar-refractivity contribution in [3.05, 3.63) is 35.4 Å². The van der Waals surface area contributed by atoms with Gasteiger partial charge in [0.05, 0.1) is 11.2 Å². The van der Waals surface area contributed by atoms with Crippen molar-refractivity contribution in [3.8, 4) is 0 Å². The molecule has 0 aromatic carbocycles. The quantitative estimate of drug-likeness (QED) is 0.734. The molecule has 16 heavy (non-hydrogen) atoms. The molecule has 2 aromatic heterocycles. The van der Waals surface area contributed by atoms with E-state index < -0.39 is 0 Å². The normalized spacial score (nSPS) is 15.6. The lowest BCUT2D eigenvalue weighted by molar-refractivity contribution is -0.107. The van der Waals surface area contributed by atoms with Crippen molar-refractivity contribution < 1.29 is 4.79 Å². The van der Waals surface area contributed by atoms with Gasteiger partial charge in [-0.15, -0.1) is 0 Å². The number of aromatic nitrogens is 2. The average molecular weight is 214 g/mol. The molecule has 0 unspecified atom stereocenters. The van der Waals surface area contributed by atoms with E-state index in [1.165, 1.54) is 18.5 Å². The first-order chi connectivity index (χ1) is 7.81. The zero-order valence-corrected chi connectivity index (χ0v) is 9.31. The number of aldehydes is 1. The zero-order chi connectivity index (χ0) is 11.1. The maximum atomic E-state index is 10.6. The van der Waals surface area contributed by atoms with Crippen LogP contribution in [0.2, 0.25) is 0 Å². The molecule has 3 rings (SSSR count). The number of pyridine rings is 1. The van der Waals surface area contributed by atoms with Crippen LogP contribution in [0, 0.1) is 6.92 Å². The predicted molar refractivity (Wildman–Crippen MR) is 61.7 cm³/mol. The minimum absolute atomic E-state index is 0.416. The first-order valence-corrected chi connectivity index (χ1v) is 5.71. The van der Waals surface area contributed by atoms with E-state index in [2.05, 4.69) is 22.4 Å².